The molecular weight excluding hydrogens is 564 g/mol. The lowest BCUT2D eigenvalue weighted by Gasteiger charge is -2.34. The fourth-order valence-electron chi connectivity index (χ4n) is 5.31. The third-order valence-electron chi connectivity index (χ3n) is 7.66. The summed E-state index contributed by atoms with van der Waals surface area (Å²) in [7, 11) is 3.22. The monoisotopic (exact) mass is 612 g/mol. The van der Waals surface area contributed by atoms with Crippen molar-refractivity contribution in [3.8, 4) is 11.1 Å². The SMILES string of the molecule is CC(=CC(=O)N(C)[C@H](Cc1ccc(-c2ccccc2)cc1)C(=O)N(C)[C@H](Cc1ccccc1)C(=O)NC[C@@H](C)O)CC(C)(C)N. The summed E-state index contributed by atoms with van der Waals surface area (Å²) in [6.07, 6.45) is 1.84. The normalized spacial score (nSPS) is 13.8. The van der Waals surface area contributed by atoms with E-state index in [2.05, 4.69) is 5.32 Å². The van der Waals surface area contributed by atoms with Crippen LogP contribution in [-0.4, -0.2) is 77.0 Å². The maximum Gasteiger partial charge on any atom is 0.246 e. The largest absolute Gasteiger partial charge is 0.392 e. The molecule has 0 saturated carbocycles. The molecule has 0 bridgehead atoms. The summed E-state index contributed by atoms with van der Waals surface area (Å²) in [6.45, 7) is 7.29. The Morgan fingerprint density at radius 1 is 0.822 bits per heavy atom. The molecule has 0 fully saturated rings. The van der Waals surface area contributed by atoms with Crippen LogP contribution in [-0.2, 0) is 27.2 Å². The fraction of sp³-hybridized carbons (Fsp3) is 0.378. The Hall–Kier alpha value is -4.27. The molecule has 45 heavy (non-hydrogen) atoms. The first-order valence-corrected chi connectivity index (χ1v) is 15.4. The number of aliphatic hydroxyl groups excluding tert-OH is 1. The summed E-state index contributed by atoms with van der Waals surface area (Å²) >= 11 is 0. The van der Waals surface area contributed by atoms with Gasteiger partial charge in [0.2, 0.25) is 17.7 Å². The van der Waals surface area contributed by atoms with Gasteiger partial charge in [0.15, 0.2) is 0 Å². The highest BCUT2D eigenvalue weighted by Gasteiger charge is 2.35. The molecule has 0 aliphatic carbocycles. The average Bonchev–Trinajstić information content (AvgIpc) is 3.00. The predicted molar refractivity (Wildman–Crippen MR) is 180 cm³/mol. The number of rotatable bonds is 14. The highest BCUT2D eigenvalue weighted by Crippen LogP contribution is 2.22. The van der Waals surface area contributed by atoms with E-state index < -0.39 is 23.7 Å². The van der Waals surface area contributed by atoms with Gasteiger partial charge in [-0.3, -0.25) is 14.4 Å². The Labute approximate surface area is 267 Å². The first-order valence-electron chi connectivity index (χ1n) is 15.4. The first-order chi connectivity index (χ1) is 21.2. The quantitative estimate of drug-likeness (QED) is 0.234. The molecule has 0 aromatic heterocycles. The smallest absolute Gasteiger partial charge is 0.246 e. The second-order valence-corrected chi connectivity index (χ2v) is 12.6. The van der Waals surface area contributed by atoms with Crippen LogP contribution < -0.4 is 11.1 Å². The number of nitrogens with two attached hydrogens (primary N) is 1. The number of carbonyl (C=O) groups is 3. The fourth-order valence-corrected chi connectivity index (χ4v) is 5.31. The van der Waals surface area contributed by atoms with Gasteiger partial charge in [-0.2, -0.15) is 0 Å². The molecule has 3 atom stereocenters. The van der Waals surface area contributed by atoms with Crippen LogP contribution in [0.25, 0.3) is 11.1 Å². The van der Waals surface area contributed by atoms with Gasteiger partial charge < -0.3 is 26.0 Å². The number of benzene rings is 3. The summed E-state index contributed by atoms with van der Waals surface area (Å²) in [5.41, 5.74) is 10.4. The van der Waals surface area contributed by atoms with Crippen molar-refractivity contribution in [1.29, 1.82) is 0 Å². The van der Waals surface area contributed by atoms with Crippen molar-refractivity contribution >= 4 is 17.7 Å². The van der Waals surface area contributed by atoms with Crippen LogP contribution in [0.1, 0.15) is 45.2 Å². The van der Waals surface area contributed by atoms with Crippen LogP contribution in [0.5, 0.6) is 0 Å². The summed E-state index contributed by atoms with van der Waals surface area (Å²) in [6, 6.07) is 25.7. The van der Waals surface area contributed by atoms with E-state index in [-0.39, 0.29) is 37.1 Å². The van der Waals surface area contributed by atoms with Gasteiger partial charge in [0, 0.05) is 45.1 Å². The van der Waals surface area contributed by atoms with E-state index in [4.69, 9.17) is 5.73 Å². The third kappa shape index (κ3) is 11.0. The number of hydrogen-bond donors (Lipinski definition) is 3. The summed E-state index contributed by atoms with van der Waals surface area (Å²) in [4.78, 5) is 44.2. The van der Waals surface area contributed by atoms with Crippen LogP contribution in [0.15, 0.2) is 96.6 Å². The van der Waals surface area contributed by atoms with Crippen molar-refractivity contribution in [1.82, 2.24) is 15.1 Å². The zero-order chi connectivity index (χ0) is 33.1. The maximum atomic E-state index is 14.3. The van der Waals surface area contributed by atoms with Crippen molar-refractivity contribution in [2.75, 3.05) is 20.6 Å². The van der Waals surface area contributed by atoms with Gasteiger partial charge in [-0.1, -0.05) is 90.5 Å². The predicted octanol–water partition coefficient (Wildman–Crippen LogP) is 4.36. The van der Waals surface area contributed by atoms with Gasteiger partial charge in [0.25, 0.3) is 0 Å². The summed E-state index contributed by atoms with van der Waals surface area (Å²) < 4.78 is 0. The van der Waals surface area contributed by atoms with Gasteiger partial charge in [0.05, 0.1) is 6.10 Å². The van der Waals surface area contributed by atoms with Gasteiger partial charge in [-0.15, -0.1) is 0 Å². The molecule has 3 aromatic rings. The molecule has 8 nitrogen and oxygen atoms in total. The van der Waals surface area contributed by atoms with E-state index in [9.17, 15) is 19.5 Å². The van der Waals surface area contributed by atoms with Crippen LogP contribution in [0.3, 0.4) is 0 Å². The minimum atomic E-state index is -0.886. The molecule has 0 radical (unpaired) electrons. The second-order valence-electron chi connectivity index (χ2n) is 12.6. The van der Waals surface area contributed by atoms with Crippen molar-refractivity contribution in [3.05, 3.63) is 108 Å². The van der Waals surface area contributed by atoms with Gasteiger partial charge >= 0.3 is 0 Å². The molecule has 0 aliphatic rings. The van der Waals surface area contributed by atoms with Crippen molar-refractivity contribution < 1.29 is 19.5 Å². The second kappa shape index (κ2) is 16.2. The van der Waals surface area contributed by atoms with E-state index in [0.717, 1.165) is 27.8 Å². The minimum Gasteiger partial charge on any atom is -0.392 e. The van der Waals surface area contributed by atoms with Gasteiger partial charge in [0.1, 0.15) is 12.1 Å². The Morgan fingerprint density at radius 3 is 1.89 bits per heavy atom. The third-order valence-corrected chi connectivity index (χ3v) is 7.66. The summed E-state index contributed by atoms with van der Waals surface area (Å²) in [5.74, 6) is -1.06. The molecule has 0 saturated heterocycles. The van der Waals surface area contributed by atoms with Gasteiger partial charge in [-0.25, -0.2) is 0 Å². The molecule has 0 spiro atoms. The molecule has 3 rings (SSSR count). The standard InChI is InChI=1S/C37H48N4O4/c1-26(24-37(3,4)38)21-34(43)40(5)33(23-29-17-19-31(20-18-29)30-15-11-8-12-16-30)36(45)41(6)32(35(44)39-25-27(2)42)22-28-13-9-7-10-14-28/h7-21,27,32-33,42H,22-25,38H2,1-6H3,(H,39,44)/t27-,32-,33-/m1/s1. The summed E-state index contributed by atoms with van der Waals surface area (Å²) in [5, 5.41) is 12.6. The molecule has 3 amide bonds. The zero-order valence-corrected chi connectivity index (χ0v) is 27.4. The lowest BCUT2D eigenvalue weighted by atomic mass is 9.96. The number of nitrogens with one attached hydrogen (secondary N) is 1. The number of amides is 3. The number of likely N-dealkylation sites (N-methyl/N-ethyl adjacent to an activating group) is 2. The highest BCUT2D eigenvalue weighted by molar-refractivity contribution is 5.95. The number of carbonyl (C=O) groups excluding carboxylic acids is 3. The van der Waals surface area contributed by atoms with Crippen molar-refractivity contribution in [2.45, 2.75) is 70.7 Å². The van der Waals surface area contributed by atoms with E-state index in [0.29, 0.717) is 6.42 Å². The minimum absolute atomic E-state index is 0.0588. The number of nitrogens with zero attached hydrogens (tertiary/aromatic N) is 2. The van der Waals surface area contributed by atoms with Crippen molar-refractivity contribution in [2.24, 2.45) is 5.73 Å². The zero-order valence-electron chi connectivity index (χ0n) is 27.4. The van der Waals surface area contributed by atoms with Crippen LogP contribution in [0, 0.1) is 0 Å². The molecule has 3 aromatic carbocycles. The van der Waals surface area contributed by atoms with Crippen LogP contribution in [0.4, 0.5) is 0 Å². The molecule has 0 heterocycles. The molecular formula is C37H48N4O4. The Morgan fingerprint density at radius 2 is 1.33 bits per heavy atom. The molecule has 240 valence electrons. The topological polar surface area (TPSA) is 116 Å². The molecule has 8 heteroatoms. The Bertz CT molecular complexity index is 1430. The maximum absolute atomic E-state index is 14.3. The lowest BCUT2D eigenvalue weighted by Crippen LogP contribution is -2.56. The average molecular weight is 613 g/mol. The lowest BCUT2D eigenvalue weighted by molar-refractivity contribution is -0.146. The van der Waals surface area contributed by atoms with Crippen molar-refractivity contribution in [3.63, 3.8) is 0 Å². The van der Waals surface area contributed by atoms with E-state index >= 15 is 0 Å². The molecule has 0 aliphatic heterocycles. The van der Waals surface area contributed by atoms with Crippen LogP contribution >= 0.6 is 0 Å². The Kier molecular flexibility index (Phi) is 12.6. The van der Waals surface area contributed by atoms with E-state index in [1.807, 2.05) is 106 Å². The molecule has 4 N–H and O–H groups in total. The molecule has 0 unspecified atom stereocenters. The van der Waals surface area contributed by atoms with Crippen LogP contribution in [0.2, 0.25) is 0 Å². The Balaban J connectivity index is 1.95. The van der Waals surface area contributed by atoms with E-state index in [1.165, 1.54) is 15.9 Å². The highest BCUT2D eigenvalue weighted by atomic mass is 16.3. The van der Waals surface area contributed by atoms with Gasteiger partial charge in [-0.05, 0) is 56.4 Å². The van der Waals surface area contributed by atoms with E-state index in [1.54, 1.807) is 21.0 Å². The number of aliphatic hydroxyl groups is 1. The first kappa shape index (κ1) is 35.2. The number of hydrogen-bond acceptors (Lipinski definition) is 5.